The molecule has 1 saturated carbocycles. The monoisotopic (exact) mass is 611 g/mol. The number of anilines is 1. The fourth-order valence-corrected chi connectivity index (χ4v) is 5.57. The average Bonchev–Trinajstić information content (AvgIpc) is 2.84. The van der Waals surface area contributed by atoms with E-state index >= 15 is 0 Å². The highest BCUT2D eigenvalue weighted by Crippen LogP contribution is 2.21. The molecular weight excluding hydrogens is 577 g/mol. The van der Waals surface area contributed by atoms with Gasteiger partial charge in [-0.15, -0.1) is 0 Å². The Hall–Kier alpha value is -2.14. The van der Waals surface area contributed by atoms with Gasteiger partial charge in [0.05, 0.1) is 11.9 Å². The van der Waals surface area contributed by atoms with Crippen molar-refractivity contribution in [1.82, 2.24) is 10.2 Å². The molecule has 2 aromatic carbocycles. The van der Waals surface area contributed by atoms with Gasteiger partial charge >= 0.3 is 0 Å². The third-order valence-corrected chi connectivity index (χ3v) is 8.26. The number of carbonyl (C=O) groups is 2. The van der Waals surface area contributed by atoms with Crippen LogP contribution in [-0.2, 0) is 26.0 Å². The molecular formula is C26H34IN3O4S. The molecule has 1 aliphatic carbocycles. The maximum absolute atomic E-state index is 13.5. The predicted molar refractivity (Wildman–Crippen MR) is 148 cm³/mol. The van der Waals surface area contributed by atoms with Gasteiger partial charge in [0.15, 0.2) is 0 Å². The minimum Gasteiger partial charge on any atom is -0.352 e. The van der Waals surface area contributed by atoms with E-state index in [2.05, 4.69) is 27.9 Å². The molecule has 1 aliphatic rings. The van der Waals surface area contributed by atoms with Gasteiger partial charge < -0.3 is 10.2 Å². The highest BCUT2D eigenvalue weighted by Gasteiger charge is 2.30. The van der Waals surface area contributed by atoms with E-state index in [1.165, 1.54) is 11.3 Å². The third-order valence-electron chi connectivity index (χ3n) is 6.40. The first kappa shape index (κ1) is 27.4. The van der Waals surface area contributed by atoms with E-state index < -0.39 is 22.0 Å². The Labute approximate surface area is 222 Å². The second-order valence-corrected chi connectivity index (χ2v) is 12.2. The summed E-state index contributed by atoms with van der Waals surface area (Å²) in [6.07, 6.45) is 6.92. The number of carbonyl (C=O) groups excluding carboxylic acids is 2. The second-order valence-electron chi connectivity index (χ2n) is 9.09. The van der Waals surface area contributed by atoms with E-state index in [0.29, 0.717) is 18.7 Å². The van der Waals surface area contributed by atoms with Gasteiger partial charge in [0.1, 0.15) is 12.6 Å². The van der Waals surface area contributed by atoms with Gasteiger partial charge in [-0.05, 0) is 78.6 Å². The summed E-state index contributed by atoms with van der Waals surface area (Å²) in [6.45, 7) is 1.67. The molecule has 190 valence electrons. The van der Waals surface area contributed by atoms with Crippen molar-refractivity contribution in [2.24, 2.45) is 0 Å². The van der Waals surface area contributed by atoms with Crippen LogP contribution >= 0.6 is 22.6 Å². The summed E-state index contributed by atoms with van der Waals surface area (Å²) in [6, 6.07) is 16.1. The van der Waals surface area contributed by atoms with Crippen LogP contribution in [0.3, 0.4) is 0 Å². The molecule has 0 heterocycles. The first-order valence-corrected chi connectivity index (χ1v) is 14.9. The van der Waals surface area contributed by atoms with Crippen LogP contribution in [0.2, 0.25) is 0 Å². The largest absolute Gasteiger partial charge is 0.352 e. The molecule has 0 bridgehead atoms. The van der Waals surface area contributed by atoms with E-state index in [9.17, 15) is 18.0 Å². The lowest BCUT2D eigenvalue weighted by atomic mass is 9.95. The third kappa shape index (κ3) is 8.20. The SMILES string of the molecule is C[C@H](C(=O)NC1CCCCC1)N(CCc1ccccc1)C(=O)CN(c1ccc(I)cc1)S(C)(=O)=O. The highest BCUT2D eigenvalue weighted by atomic mass is 127. The molecule has 1 N–H and O–H groups in total. The summed E-state index contributed by atoms with van der Waals surface area (Å²) in [7, 11) is -3.71. The number of hydrogen-bond donors (Lipinski definition) is 1. The van der Waals surface area contributed by atoms with Gasteiger partial charge in [-0.3, -0.25) is 13.9 Å². The normalized spacial score (nSPS) is 15.3. The maximum Gasteiger partial charge on any atom is 0.244 e. The van der Waals surface area contributed by atoms with Gasteiger partial charge in [-0.1, -0.05) is 49.6 Å². The molecule has 0 unspecified atom stereocenters. The highest BCUT2D eigenvalue weighted by molar-refractivity contribution is 14.1. The van der Waals surface area contributed by atoms with Crippen LogP contribution in [0, 0.1) is 3.57 Å². The number of nitrogens with zero attached hydrogens (tertiary/aromatic N) is 2. The minimum atomic E-state index is -3.71. The van der Waals surface area contributed by atoms with Gasteiger partial charge in [-0.25, -0.2) is 8.42 Å². The summed E-state index contributed by atoms with van der Waals surface area (Å²) >= 11 is 2.14. The summed E-state index contributed by atoms with van der Waals surface area (Å²) in [5, 5.41) is 3.11. The number of hydrogen-bond acceptors (Lipinski definition) is 4. The molecule has 0 aromatic heterocycles. The Kier molecular flexibility index (Phi) is 9.97. The fourth-order valence-electron chi connectivity index (χ4n) is 4.36. The van der Waals surface area contributed by atoms with Gasteiger partial charge in [0.25, 0.3) is 0 Å². The Balaban J connectivity index is 1.80. The number of halogens is 1. The molecule has 1 fully saturated rings. The molecule has 2 amide bonds. The number of nitrogens with one attached hydrogen (secondary N) is 1. The van der Waals surface area contributed by atoms with Crippen LogP contribution in [0.4, 0.5) is 5.69 Å². The average molecular weight is 612 g/mol. The summed E-state index contributed by atoms with van der Waals surface area (Å²) < 4.78 is 27.3. The maximum atomic E-state index is 13.5. The summed E-state index contributed by atoms with van der Waals surface area (Å²) in [5.41, 5.74) is 1.46. The van der Waals surface area contributed by atoms with Crippen LogP contribution in [0.1, 0.15) is 44.6 Å². The Bertz CT molecular complexity index is 1090. The Morgan fingerprint density at radius 3 is 2.26 bits per heavy atom. The first-order valence-electron chi connectivity index (χ1n) is 12.0. The first-order chi connectivity index (χ1) is 16.6. The van der Waals surface area contributed by atoms with Crippen molar-refractivity contribution in [3.63, 3.8) is 0 Å². The number of sulfonamides is 1. The van der Waals surface area contributed by atoms with Crippen LogP contribution in [0.15, 0.2) is 54.6 Å². The Morgan fingerprint density at radius 1 is 1.03 bits per heavy atom. The molecule has 7 nitrogen and oxygen atoms in total. The van der Waals surface area contributed by atoms with Crippen LogP contribution in [0.25, 0.3) is 0 Å². The van der Waals surface area contributed by atoms with E-state index in [1.807, 2.05) is 30.3 Å². The van der Waals surface area contributed by atoms with E-state index in [0.717, 1.165) is 45.4 Å². The molecule has 0 spiro atoms. The quantitative estimate of drug-likeness (QED) is 0.413. The Morgan fingerprint density at radius 2 is 1.66 bits per heavy atom. The van der Waals surface area contributed by atoms with Gasteiger partial charge in [-0.2, -0.15) is 0 Å². The number of amides is 2. The van der Waals surface area contributed by atoms with Crippen LogP contribution < -0.4 is 9.62 Å². The lowest BCUT2D eigenvalue weighted by molar-refractivity contribution is -0.139. The molecule has 0 saturated heterocycles. The van der Waals surface area contributed by atoms with Crippen molar-refractivity contribution in [2.75, 3.05) is 23.7 Å². The lowest BCUT2D eigenvalue weighted by Crippen LogP contribution is -2.53. The van der Waals surface area contributed by atoms with Crippen molar-refractivity contribution in [1.29, 1.82) is 0 Å². The van der Waals surface area contributed by atoms with E-state index in [-0.39, 0.29) is 18.5 Å². The van der Waals surface area contributed by atoms with E-state index in [4.69, 9.17) is 0 Å². The molecule has 9 heteroatoms. The fraction of sp³-hybridized carbons (Fsp3) is 0.462. The summed E-state index contributed by atoms with van der Waals surface area (Å²) in [4.78, 5) is 28.2. The predicted octanol–water partition coefficient (Wildman–Crippen LogP) is 3.97. The second kappa shape index (κ2) is 12.7. The topological polar surface area (TPSA) is 86.8 Å². The smallest absolute Gasteiger partial charge is 0.244 e. The number of benzene rings is 2. The standard InChI is InChI=1S/C26H34IN3O4S/c1-20(26(32)28-23-11-7-4-8-12-23)29(18-17-21-9-5-3-6-10-21)25(31)19-30(35(2,33)34)24-15-13-22(27)14-16-24/h3,5-6,9-10,13-16,20,23H,4,7-8,11-12,17-19H2,1-2H3,(H,28,32)/t20-/m1/s1. The summed E-state index contributed by atoms with van der Waals surface area (Å²) in [5.74, 6) is -0.602. The van der Waals surface area contributed by atoms with Crippen molar-refractivity contribution in [3.8, 4) is 0 Å². The van der Waals surface area contributed by atoms with Crippen LogP contribution in [-0.4, -0.2) is 56.6 Å². The van der Waals surface area contributed by atoms with Crippen molar-refractivity contribution >= 4 is 50.1 Å². The molecule has 35 heavy (non-hydrogen) atoms. The molecule has 3 rings (SSSR count). The van der Waals surface area contributed by atoms with Crippen molar-refractivity contribution < 1.29 is 18.0 Å². The van der Waals surface area contributed by atoms with Crippen molar-refractivity contribution in [2.45, 2.75) is 57.5 Å². The van der Waals surface area contributed by atoms with E-state index in [1.54, 1.807) is 31.2 Å². The zero-order valence-electron chi connectivity index (χ0n) is 20.3. The molecule has 0 radical (unpaired) electrons. The zero-order valence-corrected chi connectivity index (χ0v) is 23.3. The molecule has 0 aliphatic heterocycles. The lowest BCUT2D eigenvalue weighted by Gasteiger charge is -2.33. The number of rotatable bonds is 10. The zero-order chi connectivity index (χ0) is 25.4. The van der Waals surface area contributed by atoms with Gasteiger partial charge in [0.2, 0.25) is 21.8 Å². The van der Waals surface area contributed by atoms with Crippen molar-refractivity contribution in [3.05, 3.63) is 63.7 Å². The van der Waals surface area contributed by atoms with Gasteiger partial charge in [0, 0.05) is 16.2 Å². The minimum absolute atomic E-state index is 0.129. The molecule has 1 atom stereocenters. The van der Waals surface area contributed by atoms with Crippen LogP contribution in [0.5, 0.6) is 0 Å². The molecule has 2 aromatic rings.